The van der Waals surface area contributed by atoms with Gasteiger partial charge in [0.15, 0.2) is 0 Å². The summed E-state index contributed by atoms with van der Waals surface area (Å²) in [4.78, 5) is 18.5. The molecule has 1 N–H and O–H groups in total. The van der Waals surface area contributed by atoms with Crippen LogP contribution in [0.25, 0.3) is 6.08 Å². The van der Waals surface area contributed by atoms with Gasteiger partial charge in [-0.25, -0.2) is 0 Å². The highest BCUT2D eigenvalue weighted by molar-refractivity contribution is 5.91. The lowest BCUT2D eigenvalue weighted by Crippen LogP contribution is -2.38. The lowest BCUT2D eigenvalue weighted by atomic mass is 9.91. The van der Waals surface area contributed by atoms with Gasteiger partial charge in [-0.2, -0.15) is 0 Å². The number of hydrogen-bond donors (Lipinski definition) is 1. The molecule has 0 bridgehead atoms. The number of likely N-dealkylation sites (tertiary alicyclic amines) is 1. The van der Waals surface area contributed by atoms with Crippen LogP contribution in [-0.4, -0.2) is 28.9 Å². The van der Waals surface area contributed by atoms with Crippen molar-refractivity contribution >= 4 is 12.0 Å². The Hall–Kier alpha value is -2.46. The van der Waals surface area contributed by atoms with E-state index in [0.29, 0.717) is 6.54 Å². The molecule has 1 aliphatic heterocycles. The average molecular weight is 364 g/mol. The Balaban J connectivity index is 1.46. The van der Waals surface area contributed by atoms with E-state index in [1.54, 1.807) is 24.5 Å². The number of carbonyl (C=O) groups is 1. The second-order valence-corrected chi connectivity index (χ2v) is 7.79. The highest BCUT2D eigenvalue weighted by Crippen LogP contribution is 2.22. The van der Waals surface area contributed by atoms with Crippen LogP contribution in [0.15, 0.2) is 54.9 Å². The minimum atomic E-state index is -0.0979. The third-order valence-corrected chi connectivity index (χ3v) is 4.95. The monoisotopic (exact) mass is 363 g/mol. The van der Waals surface area contributed by atoms with Crippen LogP contribution in [0.2, 0.25) is 0 Å². The van der Waals surface area contributed by atoms with Gasteiger partial charge in [-0.05, 0) is 47.1 Å². The lowest BCUT2D eigenvalue weighted by Gasteiger charge is -2.35. The zero-order chi connectivity index (χ0) is 19.1. The molecule has 1 amide bonds. The summed E-state index contributed by atoms with van der Waals surface area (Å²) in [7, 11) is 0. The predicted octanol–water partition coefficient (Wildman–Crippen LogP) is 3.89. The molecule has 1 aliphatic rings. The number of carbonyl (C=O) groups excluding carboxylic acids is 1. The molecule has 2 aromatic rings. The molecular formula is C23H29N3O. The zero-order valence-electron chi connectivity index (χ0n) is 16.3. The first-order valence-electron chi connectivity index (χ1n) is 9.74. The Bertz CT molecular complexity index is 745. The Kier molecular flexibility index (Phi) is 6.77. The molecule has 4 heteroatoms. The van der Waals surface area contributed by atoms with E-state index in [1.165, 1.54) is 25.1 Å². The van der Waals surface area contributed by atoms with Gasteiger partial charge >= 0.3 is 0 Å². The molecule has 2 unspecified atom stereocenters. The van der Waals surface area contributed by atoms with Crippen LogP contribution in [0.5, 0.6) is 0 Å². The van der Waals surface area contributed by atoms with Crippen molar-refractivity contribution in [1.82, 2.24) is 15.2 Å². The van der Waals surface area contributed by atoms with Crippen LogP contribution in [-0.2, 0) is 17.9 Å². The summed E-state index contributed by atoms with van der Waals surface area (Å²) in [5.41, 5.74) is 3.36. The fourth-order valence-electron chi connectivity index (χ4n) is 3.84. The normalized spacial score (nSPS) is 20.7. The Labute approximate surface area is 162 Å². The molecule has 2 atom stereocenters. The topological polar surface area (TPSA) is 45.2 Å². The summed E-state index contributed by atoms with van der Waals surface area (Å²) in [5.74, 6) is 1.46. The predicted molar refractivity (Wildman–Crippen MR) is 110 cm³/mol. The van der Waals surface area contributed by atoms with E-state index in [2.05, 4.69) is 53.3 Å². The first-order valence-corrected chi connectivity index (χ1v) is 9.74. The molecule has 3 rings (SSSR count). The second-order valence-electron chi connectivity index (χ2n) is 7.79. The molecule has 1 saturated heterocycles. The Morgan fingerprint density at radius 2 is 1.85 bits per heavy atom. The molecule has 0 saturated carbocycles. The summed E-state index contributed by atoms with van der Waals surface area (Å²) in [6.45, 7) is 8.61. The van der Waals surface area contributed by atoms with Crippen LogP contribution in [0, 0.1) is 11.8 Å². The van der Waals surface area contributed by atoms with Crippen molar-refractivity contribution in [2.24, 2.45) is 11.8 Å². The highest BCUT2D eigenvalue weighted by atomic mass is 16.1. The third-order valence-electron chi connectivity index (χ3n) is 4.95. The number of amides is 1. The number of benzene rings is 1. The van der Waals surface area contributed by atoms with Gasteiger partial charge in [-0.3, -0.25) is 14.7 Å². The maximum absolute atomic E-state index is 12.0. The molecule has 142 valence electrons. The summed E-state index contributed by atoms with van der Waals surface area (Å²) in [6, 6.07) is 12.3. The van der Waals surface area contributed by atoms with E-state index in [4.69, 9.17) is 0 Å². The van der Waals surface area contributed by atoms with E-state index in [-0.39, 0.29) is 5.91 Å². The van der Waals surface area contributed by atoms with Gasteiger partial charge in [0, 0.05) is 44.6 Å². The number of nitrogens with one attached hydrogen (secondary N) is 1. The molecule has 1 aromatic carbocycles. The maximum Gasteiger partial charge on any atom is 0.244 e. The van der Waals surface area contributed by atoms with Crippen molar-refractivity contribution < 1.29 is 4.79 Å². The molecule has 0 radical (unpaired) electrons. The van der Waals surface area contributed by atoms with E-state index < -0.39 is 0 Å². The number of rotatable bonds is 6. The van der Waals surface area contributed by atoms with Gasteiger partial charge in [0.1, 0.15) is 0 Å². The highest BCUT2D eigenvalue weighted by Gasteiger charge is 2.21. The van der Waals surface area contributed by atoms with Crippen LogP contribution < -0.4 is 5.32 Å². The average Bonchev–Trinajstić information content (AvgIpc) is 2.66. The third kappa shape index (κ3) is 6.33. The van der Waals surface area contributed by atoms with Gasteiger partial charge in [-0.1, -0.05) is 44.2 Å². The van der Waals surface area contributed by atoms with Crippen molar-refractivity contribution in [2.75, 3.05) is 13.1 Å². The largest absolute Gasteiger partial charge is 0.348 e. The van der Waals surface area contributed by atoms with Crippen molar-refractivity contribution in [2.45, 2.75) is 33.4 Å². The molecular weight excluding hydrogens is 334 g/mol. The zero-order valence-corrected chi connectivity index (χ0v) is 16.3. The number of aromatic nitrogens is 1. The number of hydrogen-bond acceptors (Lipinski definition) is 3. The summed E-state index contributed by atoms with van der Waals surface area (Å²) in [6.07, 6.45) is 8.10. The van der Waals surface area contributed by atoms with E-state index >= 15 is 0 Å². The quantitative estimate of drug-likeness (QED) is 0.792. The van der Waals surface area contributed by atoms with E-state index in [1.807, 2.05) is 12.1 Å². The van der Waals surface area contributed by atoms with Crippen molar-refractivity contribution in [3.05, 3.63) is 71.6 Å². The smallest absolute Gasteiger partial charge is 0.244 e. The van der Waals surface area contributed by atoms with Crippen molar-refractivity contribution in [3.8, 4) is 0 Å². The lowest BCUT2D eigenvalue weighted by molar-refractivity contribution is -0.116. The minimum absolute atomic E-state index is 0.0979. The van der Waals surface area contributed by atoms with Crippen molar-refractivity contribution in [3.63, 3.8) is 0 Å². The molecule has 4 nitrogen and oxygen atoms in total. The van der Waals surface area contributed by atoms with Gasteiger partial charge in [0.05, 0.1) is 0 Å². The summed E-state index contributed by atoms with van der Waals surface area (Å²) >= 11 is 0. The standard InChI is InChI=1S/C23H29N3O/c1-18-12-19(2)16-26(15-18)17-22-7-5-21(6-8-22)14-25-23(27)10-9-20-4-3-11-24-13-20/h3-11,13,18-19H,12,14-17H2,1-2H3,(H,25,27)/b10-9+. The van der Waals surface area contributed by atoms with Gasteiger partial charge in [0.25, 0.3) is 0 Å². The molecule has 2 heterocycles. The van der Waals surface area contributed by atoms with Crippen LogP contribution in [0.3, 0.4) is 0 Å². The molecule has 1 fully saturated rings. The van der Waals surface area contributed by atoms with Gasteiger partial charge < -0.3 is 5.32 Å². The molecule has 0 aliphatic carbocycles. The fourth-order valence-corrected chi connectivity index (χ4v) is 3.84. The number of piperidine rings is 1. The Morgan fingerprint density at radius 1 is 1.15 bits per heavy atom. The number of nitrogens with zero attached hydrogens (tertiary/aromatic N) is 2. The van der Waals surface area contributed by atoms with Gasteiger partial charge in [-0.15, -0.1) is 0 Å². The molecule has 0 spiro atoms. The van der Waals surface area contributed by atoms with E-state index in [9.17, 15) is 4.79 Å². The summed E-state index contributed by atoms with van der Waals surface area (Å²) < 4.78 is 0. The Morgan fingerprint density at radius 3 is 2.52 bits per heavy atom. The van der Waals surface area contributed by atoms with Crippen LogP contribution in [0.1, 0.15) is 37.0 Å². The molecule has 1 aromatic heterocycles. The minimum Gasteiger partial charge on any atom is -0.348 e. The van der Waals surface area contributed by atoms with Crippen LogP contribution in [0.4, 0.5) is 0 Å². The molecule has 27 heavy (non-hydrogen) atoms. The second kappa shape index (κ2) is 9.47. The SMILES string of the molecule is CC1CC(C)CN(Cc2ccc(CNC(=O)/C=C/c3cccnc3)cc2)C1. The first kappa shape index (κ1) is 19.3. The van der Waals surface area contributed by atoms with E-state index in [0.717, 1.165) is 29.5 Å². The summed E-state index contributed by atoms with van der Waals surface area (Å²) in [5, 5.41) is 2.93. The van der Waals surface area contributed by atoms with Crippen molar-refractivity contribution in [1.29, 1.82) is 0 Å². The maximum atomic E-state index is 12.0. The number of pyridine rings is 1. The van der Waals surface area contributed by atoms with Crippen LogP contribution >= 0.6 is 0 Å². The van der Waals surface area contributed by atoms with Gasteiger partial charge in [0.2, 0.25) is 5.91 Å². The first-order chi connectivity index (χ1) is 13.1. The fraction of sp³-hybridized carbons (Fsp3) is 0.391.